The molecule has 0 spiro atoms. The molecular formula is C43H79O9P. The standard InChI is InChI=1S/C43H79O9P/c1-3-5-7-8-9-10-11-12-13-14-15-16-17-18-19-22-25-28-32-36-42(45)50-38-41(39-51-53(47,48)49)52-43(46)37-33-29-26-23-20-21-24-27-31-35-40(44)34-30-6-4-2/h24,27,31,35,41H,3-23,25-26,28-30,32-34,36-39H2,1-2H3,(H2,47,48,49)/b27-24-,35-31+/t41-/m1/s1. The maximum absolute atomic E-state index is 12.4. The van der Waals surface area contributed by atoms with Crippen molar-refractivity contribution in [3.8, 4) is 0 Å². The largest absolute Gasteiger partial charge is 0.469 e. The van der Waals surface area contributed by atoms with Crippen LogP contribution in [0.3, 0.4) is 0 Å². The van der Waals surface area contributed by atoms with Crippen LogP contribution in [-0.4, -0.2) is 46.8 Å². The van der Waals surface area contributed by atoms with E-state index in [0.717, 1.165) is 64.2 Å². The molecule has 0 aromatic rings. The molecule has 0 radical (unpaired) electrons. The Morgan fingerprint density at radius 2 is 0.943 bits per heavy atom. The minimum Gasteiger partial charge on any atom is -0.462 e. The van der Waals surface area contributed by atoms with Crippen LogP contribution in [0.15, 0.2) is 24.3 Å². The van der Waals surface area contributed by atoms with Crippen LogP contribution in [0.1, 0.15) is 213 Å². The number of ether oxygens (including phenoxy) is 2. The van der Waals surface area contributed by atoms with Crippen LogP contribution < -0.4 is 0 Å². The molecule has 0 rings (SSSR count). The molecule has 0 aromatic carbocycles. The summed E-state index contributed by atoms with van der Waals surface area (Å²) in [5, 5.41) is 0. The molecule has 0 unspecified atom stereocenters. The van der Waals surface area contributed by atoms with Crippen LogP contribution >= 0.6 is 7.82 Å². The number of phosphoric acid groups is 1. The van der Waals surface area contributed by atoms with E-state index in [1.807, 2.05) is 12.2 Å². The van der Waals surface area contributed by atoms with Crippen LogP contribution in [0.5, 0.6) is 0 Å². The molecule has 53 heavy (non-hydrogen) atoms. The molecule has 310 valence electrons. The molecule has 2 N–H and O–H groups in total. The summed E-state index contributed by atoms with van der Waals surface area (Å²) in [7, 11) is -4.77. The number of allylic oxidation sites excluding steroid dienone is 4. The van der Waals surface area contributed by atoms with E-state index in [9.17, 15) is 18.9 Å². The van der Waals surface area contributed by atoms with Gasteiger partial charge in [0, 0.05) is 19.3 Å². The predicted octanol–water partition coefficient (Wildman–Crippen LogP) is 12.4. The molecule has 0 heterocycles. The maximum atomic E-state index is 12.4. The molecule has 0 fully saturated rings. The molecule has 0 amide bonds. The fourth-order valence-corrected chi connectivity index (χ4v) is 6.54. The van der Waals surface area contributed by atoms with Crippen molar-refractivity contribution in [3.05, 3.63) is 24.3 Å². The third kappa shape index (κ3) is 41.2. The molecule has 9 nitrogen and oxygen atoms in total. The highest BCUT2D eigenvalue weighted by Crippen LogP contribution is 2.36. The van der Waals surface area contributed by atoms with Crippen molar-refractivity contribution >= 4 is 25.5 Å². The van der Waals surface area contributed by atoms with Gasteiger partial charge in [-0.05, 0) is 38.2 Å². The van der Waals surface area contributed by atoms with E-state index in [0.29, 0.717) is 19.3 Å². The smallest absolute Gasteiger partial charge is 0.462 e. The zero-order valence-electron chi connectivity index (χ0n) is 33.9. The van der Waals surface area contributed by atoms with E-state index in [4.69, 9.17) is 19.3 Å². The molecule has 0 aliphatic carbocycles. The van der Waals surface area contributed by atoms with E-state index < -0.39 is 32.5 Å². The highest BCUT2D eigenvalue weighted by Gasteiger charge is 2.23. The van der Waals surface area contributed by atoms with Crippen molar-refractivity contribution in [2.75, 3.05) is 13.2 Å². The first-order valence-corrected chi connectivity index (χ1v) is 23.1. The van der Waals surface area contributed by atoms with Gasteiger partial charge in [0.15, 0.2) is 11.9 Å². The van der Waals surface area contributed by atoms with Gasteiger partial charge < -0.3 is 19.3 Å². The fraction of sp³-hybridized carbons (Fsp3) is 0.837. The van der Waals surface area contributed by atoms with Gasteiger partial charge in [0.2, 0.25) is 0 Å². The van der Waals surface area contributed by atoms with Crippen LogP contribution in [0.25, 0.3) is 0 Å². The lowest BCUT2D eigenvalue weighted by molar-refractivity contribution is -0.161. The van der Waals surface area contributed by atoms with Crippen LogP contribution in [-0.2, 0) is 32.9 Å². The summed E-state index contributed by atoms with van der Waals surface area (Å²) in [6, 6.07) is 0. The Balaban J connectivity index is 3.92. The first-order chi connectivity index (χ1) is 25.7. The second-order valence-corrected chi connectivity index (χ2v) is 16.0. The lowest BCUT2D eigenvalue weighted by Crippen LogP contribution is -2.29. The van der Waals surface area contributed by atoms with Gasteiger partial charge in [-0.25, -0.2) is 4.57 Å². The highest BCUT2D eigenvalue weighted by atomic mass is 31.2. The van der Waals surface area contributed by atoms with Crippen molar-refractivity contribution in [1.82, 2.24) is 0 Å². The topological polar surface area (TPSA) is 136 Å². The number of hydrogen-bond acceptors (Lipinski definition) is 7. The molecule has 0 aromatic heterocycles. The Morgan fingerprint density at radius 3 is 1.43 bits per heavy atom. The summed E-state index contributed by atoms with van der Waals surface area (Å²) in [5.41, 5.74) is 0. The first-order valence-electron chi connectivity index (χ1n) is 21.6. The molecule has 1 atom stereocenters. The molecule has 10 heteroatoms. The Kier molecular flexibility index (Phi) is 37.2. The van der Waals surface area contributed by atoms with E-state index in [2.05, 4.69) is 24.4 Å². The lowest BCUT2D eigenvalue weighted by Gasteiger charge is -2.18. The third-order valence-corrected chi connectivity index (χ3v) is 9.93. The Bertz CT molecular complexity index is 975. The summed E-state index contributed by atoms with van der Waals surface area (Å²) in [4.78, 5) is 54.6. The number of esters is 2. The molecule has 0 aliphatic rings. The Morgan fingerprint density at radius 1 is 0.528 bits per heavy atom. The van der Waals surface area contributed by atoms with Gasteiger partial charge in [-0.2, -0.15) is 0 Å². The number of unbranched alkanes of at least 4 members (excludes halogenated alkanes) is 25. The van der Waals surface area contributed by atoms with Crippen molar-refractivity contribution in [2.45, 2.75) is 219 Å². The average Bonchev–Trinajstić information content (AvgIpc) is 3.12. The zero-order chi connectivity index (χ0) is 39.1. The van der Waals surface area contributed by atoms with E-state index in [1.54, 1.807) is 6.08 Å². The van der Waals surface area contributed by atoms with Gasteiger partial charge in [-0.1, -0.05) is 180 Å². The SMILES string of the molecule is CCCCCCCCCCCCCCCCCCCCCC(=O)OC[C@H](COP(=O)(O)O)OC(=O)CCCCCCC/C=C\C=C\C(=O)CCCCC. The maximum Gasteiger partial charge on any atom is 0.469 e. The predicted molar refractivity (Wildman–Crippen MR) is 217 cm³/mol. The lowest BCUT2D eigenvalue weighted by atomic mass is 10.0. The summed E-state index contributed by atoms with van der Waals surface area (Å²) < 4.78 is 26.3. The minimum atomic E-state index is -4.77. The quantitative estimate of drug-likeness (QED) is 0.0205. The Labute approximate surface area is 324 Å². The van der Waals surface area contributed by atoms with Crippen molar-refractivity contribution in [2.24, 2.45) is 0 Å². The van der Waals surface area contributed by atoms with Gasteiger partial charge in [0.1, 0.15) is 6.61 Å². The third-order valence-electron chi connectivity index (χ3n) is 9.45. The number of hydrogen-bond donors (Lipinski definition) is 2. The summed E-state index contributed by atoms with van der Waals surface area (Å²) in [5.74, 6) is -0.765. The molecule has 0 bridgehead atoms. The van der Waals surface area contributed by atoms with Crippen LogP contribution in [0.4, 0.5) is 0 Å². The van der Waals surface area contributed by atoms with Gasteiger partial charge in [0.05, 0.1) is 6.61 Å². The van der Waals surface area contributed by atoms with Crippen molar-refractivity contribution in [1.29, 1.82) is 0 Å². The summed E-state index contributed by atoms with van der Waals surface area (Å²) in [6.07, 6.45) is 40.2. The van der Waals surface area contributed by atoms with Gasteiger partial charge >= 0.3 is 19.8 Å². The van der Waals surface area contributed by atoms with E-state index in [1.165, 1.54) is 103 Å². The molecular weight excluding hydrogens is 691 g/mol. The van der Waals surface area contributed by atoms with Crippen LogP contribution in [0, 0.1) is 0 Å². The Hall–Kier alpha value is -1.80. The number of phosphoric ester groups is 1. The van der Waals surface area contributed by atoms with Crippen LogP contribution in [0.2, 0.25) is 0 Å². The van der Waals surface area contributed by atoms with E-state index >= 15 is 0 Å². The number of ketones is 1. The summed E-state index contributed by atoms with van der Waals surface area (Å²) in [6.45, 7) is 3.52. The van der Waals surface area contributed by atoms with E-state index in [-0.39, 0.29) is 25.2 Å². The zero-order valence-corrected chi connectivity index (χ0v) is 34.8. The number of carbonyl (C=O) groups excluding carboxylic acids is 3. The average molecular weight is 771 g/mol. The second-order valence-electron chi connectivity index (χ2n) is 14.7. The van der Waals surface area contributed by atoms with Crippen molar-refractivity contribution in [3.63, 3.8) is 0 Å². The normalized spacial score (nSPS) is 12.5. The molecule has 0 aliphatic heterocycles. The fourth-order valence-electron chi connectivity index (χ4n) is 6.18. The van der Waals surface area contributed by atoms with Crippen molar-refractivity contribution < 1.29 is 42.7 Å². The first kappa shape index (κ1) is 51.2. The molecule has 0 saturated carbocycles. The number of carbonyl (C=O) groups is 3. The summed E-state index contributed by atoms with van der Waals surface area (Å²) >= 11 is 0. The van der Waals surface area contributed by atoms with Gasteiger partial charge in [-0.15, -0.1) is 0 Å². The van der Waals surface area contributed by atoms with Gasteiger partial charge in [0.25, 0.3) is 0 Å². The minimum absolute atomic E-state index is 0.163. The molecule has 0 saturated heterocycles. The number of rotatable bonds is 40. The highest BCUT2D eigenvalue weighted by molar-refractivity contribution is 7.46. The second kappa shape index (κ2) is 38.5. The van der Waals surface area contributed by atoms with Gasteiger partial charge in [-0.3, -0.25) is 18.9 Å². The monoisotopic (exact) mass is 771 g/mol.